The SMILES string of the molecule is COP(=O)([O-])[O-].[Zr+2]. The second-order valence-corrected chi connectivity index (χ2v) is 1.89. The predicted octanol–water partition coefficient (Wildman–Crippen LogP) is -1.54. The maximum Gasteiger partial charge on any atom is 2.00 e. The summed E-state index contributed by atoms with van der Waals surface area (Å²) < 4.78 is 12.6. The molecule has 0 aliphatic carbocycles. The van der Waals surface area contributed by atoms with Gasteiger partial charge in [0.1, 0.15) is 0 Å². The zero-order valence-electron chi connectivity index (χ0n) is 3.58. The average molecular weight is 201 g/mol. The van der Waals surface area contributed by atoms with Crippen molar-refractivity contribution >= 4 is 7.82 Å². The number of hydrogen-bond acceptors (Lipinski definition) is 4. The Morgan fingerprint density at radius 1 is 1.57 bits per heavy atom. The summed E-state index contributed by atoms with van der Waals surface area (Å²) in [5, 5.41) is 0. The molecule has 0 aliphatic heterocycles. The molecule has 4 nitrogen and oxygen atoms in total. The van der Waals surface area contributed by atoms with Gasteiger partial charge in [-0.25, -0.2) is 0 Å². The third-order valence-corrected chi connectivity index (χ3v) is 0.671. The van der Waals surface area contributed by atoms with Crippen LogP contribution in [0.5, 0.6) is 0 Å². The molecule has 0 radical (unpaired) electrons. The molecule has 40 valence electrons. The van der Waals surface area contributed by atoms with Crippen LogP contribution in [0.15, 0.2) is 0 Å². The molecule has 6 heteroatoms. The summed E-state index contributed by atoms with van der Waals surface area (Å²) in [4.78, 5) is 18.5. The Labute approximate surface area is 60.2 Å². The topological polar surface area (TPSA) is 72.4 Å². The van der Waals surface area contributed by atoms with Crippen molar-refractivity contribution in [3.8, 4) is 0 Å². The minimum atomic E-state index is -4.65. The molecule has 7 heavy (non-hydrogen) atoms. The molecule has 0 saturated carbocycles. The van der Waals surface area contributed by atoms with Gasteiger partial charge in [0.05, 0.1) is 7.82 Å². The van der Waals surface area contributed by atoms with Crippen molar-refractivity contribution in [2.24, 2.45) is 0 Å². The van der Waals surface area contributed by atoms with Crippen LogP contribution in [-0.2, 0) is 35.3 Å². The zero-order chi connectivity index (χ0) is 5.21. The van der Waals surface area contributed by atoms with Gasteiger partial charge < -0.3 is 18.9 Å². The molecule has 0 rings (SSSR count). The van der Waals surface area contributed by atoms with Crippen molar-refractivity contribution in [3.05, 3.63) is 0 Å². The van der Waals surface area contributed by atoms with E-state index >= 15 is 0 Å². The normalized spacial score (nSPS) is 10.1. The molecule has 0 aromatic rings. The Morgan fingerprint density at radius 2 is 1.71 bits per heavy atom. The van der Waals surface area contributed by atoms with Crippen LogP contribution in [0, 0.1) is 0 Å². The second-order valence-electron chi connectivity index (χ2n) is 0.630. The fraction of sp³-hybridized carbons (Fsp3) is 1.00. The first-order valence-electron chi connectivity index (χ1n) is 1.14. The van der Waals surface area contributed by atoms with Gasteiger partial charge in [-0.05, 0) is 0 Å². The van der Waals surface area contributed by atoms with Crippen LogP contribution in [-0.4, -0.2) is 7.11 Å². The number of rotatable bonds is 1. The summed E-state index contributed by atoms with van der Waals surface area (Å²) >= 11 is 0. The summed E-state index contributed by atoms with van der Waals surface area (Å²) in [5.41, 5.74) is 0. The first kappa shape index (κ1) is 10.9. The van der Waals surface area contributed by atoms with E-state index in [0.717, 1.165) is 7.11 Å². The summed E-state index contributed by atoms with van der Waals surface area (Å²) in [7, 11) is -3.83. The van der Waals surface area contributed by atoms with Crippen LogP contribution < -0.4 is 9.79 Å². The Bertz CT molecular complexity index is 75.8. The molecule has 0 aliphatic rings. The van der Waals surface area contributed by atoms with Crippen LogP contribution in [0.3, 0.4) is 0 Å². The van der Waals surface area contributed by atoms with E-state index in [1.165, 1.54) is 0 Å². The van der Waals surface area contributed by atoms with Crippen LogP contribution in [0.4, 0.5) is 0 Å². The van der Waals surface area contributed by atoms with E-state index in [4.69, 9.17) is 0 Å². The first-order valence-corrected chi connectivity index (χ1v) is 2.60. The Morgan fingerprint density at radius 3 is 1.71 bits per heavy atom. The summed E-state index contributed by atoms with van der Waals surface area (Å²) in [6, 6.07) is 0. The van der Waals surface area contributed by atoms with Crippen molar-refractivity contribution in [2.75, 3.05) is 7.11 Å². The molecule has 0 fully saturated rings. The molecule has 0 atom stereocenters. The molecular formula is CH3O4PZr. The quantitative estimate of drug-likeness (QED) is 0.482. The minimum absolute atomic E-state index is 0. The van der Waals surface area contributed by atoms with Crippen molar-refractivity contribution in [2.45, 2.75) is 0 Å². The van der Waals surface area contributed by atoms with Gasteiger partial charge in [0, 0.05) is 7.11 Å². The third kappa shape index (κ3) is 10.9. The first-order chi connectivity index (χ1) is 2.56. The van der Waals surface area contributed by atoms with Gasteiger partial charge in [0.25, 0.3) is 0 Å². The Kier molecular flexibility index (Phi) is 6.11. The minimum Gasteiger partial charge on any atom is -0.790 e. The van der Waals surface area contributed by atoms with Crippen molar-refractivity contribution < 1.29 is 45.1 Å². The number of phosphoric acid groups is 1. The van der Waals surface area contributed by atoms with E-state index < -0.39 is 7.82 Å². The fourth-order valence-corrected chi connectivity index (χ4v) is 0. The smallest absolute Gasteiger partial charge is 0.790 e. The number of phosphoric ester groups is 1. The van der Waals surface area contributed by atoms with Crippen molar-refractivity contribution in [1.82, 2.24) is 0 Å². The van der Waals surface area contributed by atoms with Crippen molar-refractivity contribution in [1.29, 1.82) is 0 Å². The molecule has 0 aromatic heterocycles. The second kappa shape index (κ2) is 3.93. The zero-order valence-corrected chi connectivity index (χ0v) is 6.93. The van der Waals surface area contributed by atoms with E-state index in [1.54, 1.807) is 0 Å². The van der Waals surface area contributed by atoms with Crippen LogP contribution >= 0.6 is 7.82 Å². The van der Waals surface area contributed by atoms with E-state index in [9.17, 15) is 14.4 Å². The van der Waals surface area contributed by atoms with E-state index in [0.29, 0.717) is 0 Å². The van der Waals surface area contributed by atoms with Crippen LogP contribution in [0.2, 0.25) is 0 Å². The standard InChI is InChI=1S/CH5O4P.Zr/c1-5-6(2,3)4;/h1H3,(H2,2,3,4);/q;+2/p-2. The largest absolute Gasteiger partial charge is 2.00 e. The number of hydrogen-bond donors (Lipinski definition) is 0. The molecule has 0 spiro atoms. The summed E-state index contributed by atoms with van der Waals surface area (Å²) in [6.07, 6.45) is 0. The van der Waals surface area contributed by atoms with Crippen LogP contribution in [0.25, 0.3) is 0 Å². The predicted molar refractivity (Wildman–Crippen MR) is 14.6 cm³/mol. The molecule has 0 amide bonds. The molecule has 0 heterocycles. The van der Waals surface area contributed by atoms with E-state index in [-0.39, 0.29) is 26.2 Å². The molecule has 0 N–H and O–H groups in total. The van der Waals surface area contributed by atoms with Gasteiger partial charge in [0.2, 0.25) is 0 Å². The van der Waals surface area contributed by atoms with Gasteiger partial charge >= 0.3 is 26.2 Å². The molecule has 0 aromatic carbocycles. The van der Waals surface area contributed by atoms with E-state index in [1.807, 2.05) is 0 Å². The molecule has 0 bridgehead atoms. The maximum absolute atomic E-state index is 9.25. The summed E-state index contributed by atoms with van der Waals surface area (Å²) in [5.74, 6) is 0. The molecular weight excluding hydrogens is 198 g/mol. The van der Waals surface area contributed by atoms with Gasteiger partial charge in [-0.3, -0.25) is 0 Å². The Hall–Kier alpha value is 0.993. The average Bonchev–Trinajstić information content (AvgIpc) is 1.35. The third-order valence-electron chi connectivity index (χ3n) is 0.224. The fourth-order valence-electron chi connectivity index (χ4n) is 0. The Balaban J connectivity index is 0. The monoisotopic (exact) mass is 200 g/mol. The maximum atomic E-state index is 9.25. The van der Waals surface area contributed by atoms with Gasteiger partial charge in [-0.2, -0.15) is 0 Å². The van der Waals surface area contributed by atoms with Gasteiger partial charge in [0.15, 0.2) is 0 Å². The molecule has 0 saturated heterocycles. The van der Waals surface area contributed by atoms with Gasteiger partial charge in [-0.15, -0.1) is 0 Å². The van der Waals surface area contributed by atoms with E-state index in [2.05, 4.69) is 4.52 Å². The van der Waals surface area contributed by atoms with Gasteiger partial charge in [-0.1, -0.05) is 0 Å². The van der Waals surface area contributed by atoms with Crippen molar-refractivity contribution in [3.63, 3.8) is 0 Å². The summed E-state index contributed by atoms with van der Waals surface area (Å²) in [6.45, 7) is 0. The van der Waals surface area contributed by atoms with Crippen LogP contribution in [0.1, 0.15) is 0 Å². The molecule has 0 unspecified atom stereocenters.